The van der Waals surface area contributed by atoms with Crippen molar-refractivity contribution in [2.45, 2.75) is 465 Å². The number of carbonyl (C=O) groups excluding carboxylic acids is 1. The lowest BCUT2D eigenvalue weighted by Gasteiger charge is -2.48. The van der Waals surface area contributed by atoms with Crippen LogP contribution in [0, 0.1) is 0 Å². The van der Waals surface area contributed by atoms with Crippen molar-refractivity contribution in [3.63, 3.8) is 0 Å². The maximum absolute atomic E-state index is 13.5. The van der Waals surface area contributed by atoms with E-state index < -0.39 is 124 Å². The molecule has 19 heteroatoms. The van der Waals surface area contributed by atoms with Gasteiger partial charge in [-0.15, -0.1) is 0 Å². The van der Waals surface area contributed by atoms with E-state index in [0.29, 0.717) is 6.42 Å². The fourth-order valence-electron chi connectivity index (χ4n) is 14.4. The minimum absolute atomic E-state index is 0.250. The quantitative estimate of drug-likeness (QED) is 0.0199. The fraction of sp³-hybridized carbons (Fsp3) is 0.963. The van der Waals surface area contributed by atoms with Crippen LogP contribution in [0.1, 0.15) is 361 Å². The van der Waals surface area contributed by atoms with Gasteiger partial charge in [0.1, 0.15) is 73.2 Å². The Hall–Kier alpha value is -1.47. The summed E-state index contributed by atoms with van der Waals surface area (Å²) in [5.41, 5.74) is 0. The van der Waals surface area contributed by atoms with E-state index in [1.165, 1.54) is 289 Å². The van der Waals surface area contributed by atoms with Gasteiger partial charge in [0.05, 0.1) is 38.6 Å². The first-order chi connectivity index (χ1) is 48.3. The van der Waals surface area contributed by atoms with Crippen LogP contribution < -0.4 is 5.32 Å². The summed E-state index contributed by atoms with van der Waals surface area (Å²) >= 11 is 0. The molecule has 12 N–H and O–H groups in total. The minimum Gasteiger partial charge on any atom is -0.394 e. The van der Waals surface area contributed by atoms with Crippen molar-refractivity contribution in [2.75, 3.05) is 26.4 Å². The predicted molar refractivity (Wildman–Crippen MR) is 393 cm³/mol. The third-order valence-corrected chi connectivity index (χ3v) is 21.1. The van der Waals surface area contributed by atoms with E-state index in [-0.39, 0.29) is 18.9 Å². The summed E-state index contributed by atoms with van der Waals surface area (Å²) in [4.78, 5) is 13.5. The maximum Gasteiger partial charge on any atom is 0.220 e. The molecule has 3 saturated heterocycles. The van der Waals surface area contributed by atoms with Gasteiger partial charge in [-0.25, -0.2) is 0 Å². The number of carbonyl (C=O) groups is 1. The number of aliphatic hydroxyl groups is 11. The van der Waals surface area contributed by atoms with Crippen molar-refractivity contribution in [2.24, 2.45) is 0 Å². The average Bonchev–Trinajstić information content (AvgIpc) is 0.782. The molecule has 1 amide bonds. The Balaban J connectivity index is 1.35. The number of amides is 1. The molecule has 0 bridgehead atoms. The highest BCUT2D eigenvalue weighted by Gasteiger charge is 2.54. The van der Waals surface area contributed by atoms with Crippen LogP contribution in [-0.2, 0) is 33.2 Å². The van der Waals surface area contributed by atoms with E-state index in [0.717, 1.165) is 44.9 Å². The topological polar surface area (TPSA) is 307 Å². The lowest BCUT2D eigenvalue weighted by atomic mass is 9.96. The van der Waals surface area contributed by atoms with Crippen LogP contribution in [0.15, 0.2) is 12.2 Å². The first-order valence-corrected chi connectivity index (χ1v) is 41.4. The Morgan fingerprint density at radius 2 is 0.626 bits per heavy atom. The fourth-order valence-corrected chi connectivity index (χ4v) is 14.4. The molecule has 0 radical (unpaired) electrons. The third kappa shape index (κ3) is 41.9. The Morgan fingerprint density at radius 3 is 0.949 bits per heavy atom. The second-order valence-corrected chi connectivity index (χ2v) is 30.0. The minimum atomic E-state index is -1.98. The molecule has 586 valence electrons. The van der Waals surface area contributed by atoms with Crippen LogP contribution in [0.3, 0.4) is 0 Å². The zero-order valence-electron chi connectivity index (χ0n) is 62.8. The zero-order valence-corrected chi connectivity index (χ0v) is 62.8. The predicted octanol–water partition coefficient (Wildman–Crippen LogP) is 14.0. The Labute approximate surface area is 601 Å². The van der Waals surface area contributed by atoms with Crippen molar-refractivity contribution in [3.05, 3.63) is 12.2 Å². The van der Waals surface area contributed by atoms with Gasteiger partial charge in [-0.1, -0.05) is 347 Å². The summed E-state index contributed by atoms with van der Waals surface area (Å²) in [7, 11) is 0. The van der Waals surface area contributed by atoms with Crippen LogP contribution in [-0.4, -0.2) is 193 Å². The maximum atomic E-state index is 13.5. The molecule has 0 aromatic heterocycles. The molecule has 0 aliphatic carbocycles. The van der Waals surface area contributed by atoms with Gasteiger partial charge < -0.3 is 89.9 Å². The van der Waals surface area contributed by atoms with Crippen LogP contribution >= 0.6 is 0 Å². The number of rotatable bonds is 67. The van der Waals surface area contributed by atoms with Gasteiger partial charge in [-0.2, -0.15) is 0 Å². The second-order valence-electron chi connectivity index (χ2n) is 30.0. The lowest BCUT2D eigenvalue weighted by molar-refractivity contribution is -0.379. The summed E-state index contributed by atoms with van der Waals surface area (Å²) in [6.07, 6.45) is 46.4. The smallest absolute Gasteiger partial charge is 0.220 e. The SMILES string of the molecule is CCCCCCCCCCCCCCCCCCCCCC/C=C/C(O)C(COC1OC(CO)C(OC2OC(CO)C(OC3OC(CO)C(O)C(O)C3O)C(O)C2O)C(O)C1O)NC(=O)CCCCCCCCCCCCCCCCCCCCCCCCCCCCCCCCCC. The standard InChI is InChI=1S/C80H153NO18/c1-3-5-7-9-11-13-15-17-19-21-23-25-27-28-29-30-31-32-33-34-35-36-38-40-42-44-46-48-50-52-54-56-58-68(86)81-63(64(85)57-55-53-51-49-47-45-43-41-39-37-26-24-22-20-18-16-14-12-10-8-6-4-2)62-94-78-74(92)71(89)76(66(60-83)96-78)99-80-75(93)72(90)77(67(61-84)97-80)98-79-73(91)70(88)69(87)65(59-82)95-79/h55,57,63-67,69-80,82-85,87-93H,3-54,56,58-62H2,1-2H3,(H,81,86)/b57-55+. The van der Waals surface area contributed by atoms with Gasteiger partial charge in [0.25, 0.3) is 0 Å². The summed E-state index contributed by atoms with van der Waals surface area (Å²) in [6, 6.07) is -0.970. The van der Waals surface area contributed by atoms with Gasteiger partial charge >= 0.3 is 0 Å². The Bertz CT molecular complexity index is 1840. The number of hydrogen-bond donors (Lipinski definition) is 12. The highest BCUT2D eigenvalue weighted by molar-refractivity contribution is 5.76. The zero-order chi connectivity index (χ0) is 71.8. The van der Waals surface area contributed by atoms with Crippen molar-refractivity contribution >= 4 is 5.91 Å². The van der Waals surface area contributed by atoms with Crippen molar-refractivity contribution in [1.29, 1.82) is 0 Å². The average molecular weight is 1420 g/mol. The van der Waals surface area contributed by atoms with E-state index in [9.17, 15) is 61.0 Å². The molecule has 17 unspecified atom stereocenters. The lowest BCUT2D eigenvalue weighted by Crippen LogP contribution is -2.66. The van der Waals surface area contributed by atoms with Gasteiger partial charge in [-0.3, -0.25) is 4.79 Å². The molecule has 0 spiro atoms. The van der Waals surface area contributed by atoms with Gasteiger partial charge in [-0.05, 0) is 19.3 Å². The molecule has 3 heterocycles. The number of aliphatic hydroxyl groups excluding tert-OH is 11. The molecule has 17 atom stereocenters. The van der Waals surface area contributed by atoms with E-state index >= 15 is 0 Å². The van der Waals surface area contributed by atoms with Gasteiger partial charge in [0, 0.05) is 6.42 Å². The van der Waals surface area contributed by atoms with Crippen LogP contribution in [0.4, 0.5) is 0 Å². The molecule has 0 aromatic carbocycles. The molecule has 3 aliphatic heterocycles. The summed E-state index contributed by atoms with van der Waals surface area (Å²) in [6.45, 7) is 1.81. The second kappa shape index (κ2) is 61.7. The molecular formula is C80H153NO18. The number of allylic oxidation sites excluding steroid dienone is 1. The first kappa shape index (κ1) is 91.7. The Morgan fingerprint density at radius 1 is 0.354 bits per heavy atom. The van der Waals surface area contributed by atoms with Gasteiger partial charge in [0.2, 0.25) is 5.91 Å². The summed E-state index contributed by atoms with van der Waals surface area (Å²) < 4.78 is 34.5. The molecule has 3 fully saturated rings. The third-order valence-electron chi connectivity index (χ3n) is 21.1. The van der Waals surface area contributed by atoms with E-state index in [1.807, 2.05) is 6.08 Å². The highest BCUT2D eigenvalue weighted by Crippen LogP contribution is 2.33. The molecule has 3 rings (SSSR count). The van der Waals surface area contributed by atoms with Crippen molar-refractivity contribution < 1.29 is 89.4 Å². The number of unbranched alkanes of at least 4 members (excludes halogenated alkanes) is 51. The molecule has 19 nitrogen and oxygen atoms in total. The number of nitrogens with one attached hydrogen (secondary N) is 1. The molecular weight excluding hydrogens is 1260 g/mol. The summed E-state index contributed by atoms with van der Waals surface area (Å²) in [5, 5.41) is 121. The monoisotopic (exact) mass is 1420 g/mol. The van der Waals surface area contributed by atoms with Crippen LogP contribution in [0.5, 0.6) is 0 Å². The normalized spacial score (nSPS) is 26.6. The highest BCUT2D eigenvalue weighted by atomic mass is 16.8. The Kier molecular flexibility index (Phi) is 57.1. The molecule has 99 heavy (non-hydrogen) atoms. The molecule has 0 aromatic rings. The van der Waals surface area contributed by atoms with Crippen LogP contribution in [0.2, 0.25) is 0 Å². The largest absolute Gasteiger partial charge is 0.394 e. The van der Waals surface area contributed by atoms with Crippen LogP contribution in [0.25, 0.3) is 0 Å². The van der Waals surface area contributed by atoms with E-state index in [1.54, 1.807) is 6.08 Å². The van der Waals surface area contributed by atoms with E-state index in [2.05, 4.69) is 19.2 Å². The summed E-state index contributed by atoms with van der Waals surface area (Å²) in [5.74, 6) is -0.266. The van der Waals surface area contributed by atoms with Crippen molar-refractivity contribution in [3.8, 4) is 0 Å². The van der Waals surface area contributed by atoms with E-state index in [4.69, 9.17) is 28.4 Å². The number of ether oxygens (including phenoxy) is 6. The molecule has 3 aliphatic rings. The van der Waals surface area contributed by atoms with Crippen molar-refractivity contribution in [1.82, 2.24) is 5.32 Å². The van der Waals surface area contributed by atoms with Gasteiger partial charge in [0.15, 0.2) is 18.9 Å². The molecule has 0 saturated carbocycles. The first-order valence-electron chi connectivity index (χ1n) is 41.4. The number of hydrogen-bond acceptors (Lipinski definition) is 18.